The lowest BCUT2D eigenvalue weighted by atomic mass is 9.92. The van der Waals surface area contributed by atoms with Gasteiger partial charge in [0.15, 0.2) is 0 Å². The van der Waals surface area contributed by atoms with Crippen molar-refractivity contribution in [1.82, 2.24) is 5.32 Å². The Kier molecular flexibility index (Phi) is 3.25. The number of fused-ring (bicyclic) bond motifs is 2. The summed E-state index contributed by atoms with van der Waals surface area (Å²) in [5, 5.41) is 12.2. The van der Waals surface area contributed by atoms with Gasteiger partial charge in [-0.05, 0) is 38.0 Å². The first-order valence-electron chi connectivity index (χ1n) is 7.23. The maximum absolute atomic E-state index is 12.3. The first-order valence-corrected chi connectivity index (χ1v) is 7.23. The summed E-state index contributed by atoms with van der Waals surface area (Å²) in [6.07, 6.45) is 4.74. The Morgan fingerprint density at radius 2 is 1.89 bits per heavy atom. The maximum atomic E-state index is 12.3. The number of ether oxygens (including phenoxy) is 1. The van der Waals surface area contributed by atoms with Crippen molar-refractivity contribution < 1.29 is 19.4 Å². The zero-order chi connectivity index (χ0) is 13.6. The van der Waals surface area contributed by atoms with Crippen molar-refractivity contribution in [3.05, 3.63) is 0 Å². The third-order valence-corrected chi connectivity index (χ3v) is 4.89. The van der Waals surface area contributed by atoms with Gasteiger partial charge in [-0.1, -0.05) is 6.92 Å². The third kappa shape index (κ3) is 2.36. The number of nitrogens with one attached hydrogen (secondary N) is 1. The zero-order valence-electron chi connectivity index (χ0n) is 11.2. The molecule has 0 aromatic heterocycles. The summed E-state index contributed by atoms with van der Waals surface area (Å²) in [5.74, 6) is -1.50. The second-order valence-corrected chi connectivity index (χ2v) is 6.35. The van der Waals surface area contributed by atoms with Gasteiger partial charge >= 0.3 is 5.97 Å². The molecule has 1 amide bonds. The Labute approximate surface area is 112 Å². The number of aliphatic carboxylic acids is 1. The molecular formula is C14H21NO4. The second-order valence-electron chi connectivity index (χ2n) is 6.35. The van der Waals surface area contributed by atoms with Gasteiger partial charge in [0.2, 0.25) is 5.91 Å². The molecule has 2 aliphatic heterocycles. The Morgan fingerprint density at radius 1 is 1.16 bits per heavy atom. The molecular weight excluding hydrogens is 246 g/mol. The molecule has 2 bridgehead atoms. The van der Waals surface area contributed by atoms with Crippen LogP contribution >= 0.6 is 0 Å². The Morgan fingerprint density at radius 3 is 2.47 bits per heavy atom. The van der Waals surface area contributed by atoms with Crippen LogP contribution in [0, 0.1) is 17.8 Å². The fraction of sp³-hybridized carbons (Fsp3) is 0.857. The quantitative estimate of drug-likeness (QED) is 0.805. The van der Waals surface area contributed by atoms with Gasteiger partial charge in [0.05, 0.1) is 30.1 Å². The summed E-state index contributed by atoms with van der Waals surface area (Å²) in [6, 6.07) is 0.0941. The van der Waals surface area contributed by atoms with Gasteiger partial charge in [0.25, 0.3) is 0 Å². The number of carboxylic acid groups (broad SMARTS) is 1. The van der Waals surface area contributed by atoms with E-state index in [0.29, 0.717) is 24.9 Å². The largest absolute Gasteiger partial charge is 0.481 e. The number of hydrogen-bond donors (Lipinski definition) is 2. The lowest BCUT2D eigenvalue weighted by Gasteiger charge is -2.23. The predicted octanol–water partition coefficient (Wildman–Crippen LogP) is 1.17. The van der Waals surface area contributed by atoms with E-state index in [0.717, 1.165) is 19.3 Å². The standard InChI is InChI=1S/C14H21NO4/c1-7-4-9(10(5-7)14(17)18)13(16)15-11-6-8-2-3-12(11)19-8/h7-12H,2-6H2,1H3,(H,15,16)(H,17,18)/t7?,8?,9-,10+,11?,12?/m0/s1. The van der Waals surface area contributed by atoms with E-state index in [1.807, 2.05) is 6.92 Å². The van der Waals surface area contributed by atoms with Crippen LogP contribution in [0.4, 0.5) is 0 Å². The zero-order valence-corrected chi connectivity index (χ0v) is 11.2. The molecule has 6 atom stereocenters. The van der Waals surface area contributed by atoms with Crippen LogP contribution < -0.4 is 5.32 Å². The van der Waals surface area contributed by atoms with Crippen molar-refractivity contribution in [2.45, 2.75) is 57.3 Å². The molecule has 106 valence electrons. The molecule has 1 saturated carbocycles. The van der Waals surface area contributed by atoms with Crippen LogP contribution in [0.3, 0.4) is 0 Å². The van der Waals surface area contributed by atoms with Crippen LogP contribution in [0.2, 0.25) is 0 Å². The lowest BCUT2D eigenvalue weighted by Crippen LogP contribution is -2.45. The van der Waals surface area contributed by atoms with Gasteiger partial charge in [0, 0.05) is 0 Å². The SMILES string of the molecule is CC1C[C@H](C(=O)NC2CC3CCC2O3)[C@H](C(=O)O)C1. The first kappa shape index (κ1) is 12.9. The van der Waals surface area contributed by atoms with E-state index in [4.69, 9.17) is 4.74 Å². The minimum atomic E-state index is -0.839. The summed E-state index contributed by atoms with van der Waals surface area (Å²) in [5.41, 5.74) is 0. The van der Waals surface area contributed by atoms with E-state index < -0.39 is 11.9 Å². The van der Waals surface area contributed by atoms with Gasteiger partial charge in [-0.25, -0.2) is 0 Å². The monoisotopic (exact) mass is 267 g/mol. The topological polar surface area (TPSA) is 75.6 Å². The normalized spacial score (nSPS) is 44.5. The Hall–Kier alpha value is -1.10. The van der Waals surface area contributed by atoms with E-state index in [9.17, 15) is 14.7 Å². The highest BCUT2D eigenvalue weighted by Gasteiger charge is 2.45. The predicted molar refractivity (Wildman–Crippen MR) is 67.5 cm³/mol. The van der Waals surface area contributed by atoms with Crippen molar-refractivity contribution in [2.75, 3.05) is 0 Å². The number of carbonyl (C=O) groups is 2. The maximum Gasteiger partial charge on any atom is 0.307 e. The molecule has 5 nitrogen and oxygen atoms in total. The van der Waals surface area contributed by atoms with E-state index in [1.54, 1.807) is 0 Å². The van der Waals surface area contributed by atoms with Crippen molar-refractivity contribution >= 4 is 11.9 Å². The van der Waals surface area contributed by atoms with Gasteiger partial charge in [-0.2, -0.15) is 0 Å². The second kappa shape index (κ2) is 4.78. The molecule has 0 aromatic rings. The average Bonchev–Trinajstić information content (AvgIpc) is 3.02. The Balaban J connectivity index is 1.62. The number of carboxylic acids is 1. The average molecular weight is 267 g/mol. The molecule has 19 heavy (non-hydrogen) atoms. The molecule has 4 unspecified atom stereocenters. The summed E-state index contributed by atoms with van der Waals surface area (Å²) >= 11 is 0. The number of amides is 1. The van der Waals surface area contributed by atoms with Gasteiger partial charge < -0.3 is 15.2 Å². The van der Waals surface area contributed by atoms with Crippen LogP contribution in [-0.2, 0) is 14.3 Å². The molecule has 2 N–H and O–H groups in total. The molecule has 2 heterocycles. The third-order valence-electron chi connectivity index (χ3n) is 4.89. The minimum absolute atomic E-state index is 0.0853. The summed E-state index contributed by atoms with van der Waals surface area (Å²) in [6.45, 7) is 2.02. The van der Waals surface area contributed by atoms with Crippen LogP contribution in [0.1, 0.15) is 39.0 Å². The minimum Gasteiger partial charge on any atom is -0.481 e. The molecule has 3 aliphatic rings. The lowest BCUT2D eigenvalue weighted by molar-refractivity contribution is -0.146. The highest BCUT2D eigenvalue weighted by Crippen LogP contribution is 2.38. The molecule has 0 radical (unpaired) electrons. The van der Waals surface area contributed by atoms with Gasteiger partial charge in [-0.15, -0.1) is 0 Å². The van der Waals surface area contributed by atoms with Crippen LogP contribution in [0.5, 0.6) is 0 Å². The molecule has 5 heteroatoms. The first-order chi connectivity index (χ1) is 9.04. The number of rotatable bonds is 3. The van der Waals surface area contributed by atoms with Crippen molar-refractivity contribution in [2.24, 2.45) is 17.8 Å². The molecule has 1 aliphatic carbocycles. The van der Waals surface area contributed by atoms with E-state index >= 15 is 0 Å². The van der Waals surface area contributed by atoms with Gasteiger partial charge in [0.1, 0.15) is 0 Å². The van der Waals surface area contributed by atoms with Gasteiger partial charge in [-0.3, -0.25) is 9.59 Å². The van der Waals surface area contributed by atoms with Crippen molar-refractivity contribution in [1.29, 1.82) is 0 Å². The molecule has 0 spiro atoms. The van der Waals surface area contributed by atoms with Crippen molar-refractivity contribution in [3.63, 3.8) is 0 Å². The fourth-order valence-corrected chi connectivity index (χ4v) is 3.93. The van der Waals surface area contributed by atoms with Crippen LogP contribution in [0.25, 0.3) is 0 Å². The van der Waals surface area contributed by atoms with E-state index in [1.165, 1.54) is 0 Å². The Bertz CT molecular complexity index is 397. The van der Waals surface area contributed by atoms with Crippen LogP contribution in [-0.4, -0.2) is 35.2 Å². The summed E-state index contributed by atoms with van der Waals surface area (Å²) in [7, 11) is 0. The highest BCUT2D eigenvalue weighted by molar-refractivity contribution is 5.85. The molecule has 2 saturated heterocycles. The molecule has 3 fully saturated rings. The smallest absolute Gasteiger partial charge is 0.307 e. The summed E-state index contributed by atoms with van der Waals surface area (Å²) in [4.78, 5) is 23.5. The van der Waals surface area contributed by atoms with Crippen molar-refractivity contribution in [3.8, 4) is 0 Å². The highest BCUT2D eigenvalue weighted by atomic mass is 16.5. The van der Waals surface area contributed by atoms with Crippen LogP contribution in [0.15, 0.2) is 0 Å². The fourth-order valence-electron chi connectivity index (χ4n) is 3.93. The molecule has 0 aromatic carbocycles. The van der Waals surface area contributed by atoms with E-state index in [-0.39, 0.29) is 24.0 Å². The summed E-state index contributed by atoms with van der Waals surface area (Å²) < 4.78 is 5.71. The number of carbonyl (C=O) groups excluding carboxylic acids is 1. The van der Waals surface area contributed by atoms with E-state index in [2.05, 4.69) is 5.32 Å². The number of hydrogen-bond acceptors (Lipinski definition) is 3. The molecule has 3 rings (SSSR count).